The molecule has 0 atom stereocenters. The third kappa shape index (κ3) is 2.89. The van der Waals surface area contributed by atoms with Gasteiger partial charge in [0.2, 0.25) is 0 Å². The summed E-state index contributed by atoms with van der Waals surface area (Å²) in [5.74, 6) is 1.85. The SMILES string of the molecule is COCCn1ccc2c(-c3c(C)cc4c(c3C)-n3c(C)nnc3C(C)(C)N4)cccc21. The van der Waals surface area contributed by atoms with Crippen LogP contribution in [-0.2, 0) is 16.8 Å². The molecular formula is C25H29N5O. The highest BCUT2D eigenvalue weighted by Gasteiger charge is 2.35. The molecule has 0 spiro atoms. The molecule has 5 rings (SSSR count). The number of methoxy groups -OCH3 is 1. The molecule has 1 aliphatic rings. The Bertz CT molecular complexity index is 1310. The van der Waals surface area contributed by atoms with E-state index in [1.807, 2.05) is 6.92 Å². The Balaban J connectivity index is 1.76. The molecule has 2 aromatic carbocycles. The Labute approximate surface area is 182 Å². The molecule has 160 valence electrons. The fourth-order valence-corrected chi connectivity index (χ4v) is 5.02. The maximum Gasteiger partial charge on any atom is 0.162 e. The van der Waals surface area contributed by atoms with E-state index in [9.17, 15) is 0 Å². The van der Waals surface area contributed by atoms with Crippen LogP contribution in [0.15, 0.2) is 36.5 Å². The van der Waals surface area contributed by atoms with Gasteiger partial charge in [0.1, 0.15) is 5.82 Å². The first-order chi connectivity index (χ1) is 14.8. The molecule has 1 N–H and O–H groups in total. The van der Waals surface area contributed by atoms with Crippen LogP contribution in [0.3, 0.4) is 0 Å². The molecule has 6 nitrogen and oxygen atoms in total. The van der Waals surface area contributed by atoms with Crippen LogP contribution in [0.1, 0.15) is 36.6 Å². The number of rotatable bonds is 4. The molecule has 0 radical (unpaired) electrons. The molecule has 3 heterocycles. The van der Waals surface area contributed by atoms with Gasteiger partial charge in [-0.05, 0) is 75.1 Å². The van der Waals surface area contributed by atoms with Gasteiger partial charge in [0.25, 0.3) is 0 Å². The zero-order valence-corrected chi connectivity index (χ0v) is 19.1. The number of ether oxygens (including phenoxy) is 1. The molecular weight excluding hydrogens is 386 g/mol. The summed E-state index contributed by atoms with van der Waals surface area (Å²) < 4.78 is 9.77. The standard InChI is InChI=1S/C25H29N5O/c1-15-14-20-23(30-17(3)27-28-24(30)25(4,5)26-20)16(2)22(15)19-8-7-9-21-18(19)10-11-29(21)12-13-31-6/h7-11,14,26H,12-13H2,1-6H3. The topological polar surface area (TPSA) is 56.9 Å². The van der Waals surface area contributed by atoms with E-state index >= 15 is 0 Å². The van der Waals surface area contributed by atoms with Crippen molar-refractivity contribution < 1.29 is 4.74 Å². The van der Waals surface area contributed by atoms with Crippen molar-refractivity contribution in [3.63, 3.8) is 0 Å². The zero-order chi connectivity index (χ0) is 21.9. The van der Waals surface area contributed by atoms with Gasteiger partial charge < -0.3 is 14.6 Å². The molecule has 2 aromatic heterocycles. The van der Waals surface area contributed by atoms with E-state index in [0.29, 0.717) is 6.61 Å². The van der Waals surface area contributed by atoms with Gasteiger partial charge in [-0.2, -0.15) is 0 Å². The first-order valence-corrected chi connectivity index (χ1v) is 10.8. The summed E-state index contributed by atoms with van der Waals surface area (Å²) in [7, 11) is 1.74. The summed E-state index contributed by atoms with van der Waals surface area (Å²) in [5, 5.41) is 13.8. The average Bonchev–Trinajstić information content (AvgIpc) is 3.31. The van der Waals surface area contributed by atoms with Crippen LogP contribution in [0.2, 0.25) is 0 Å². The van der Waals surface area contributed by atoms with Crippen LogP contribution in [0, 0.1) is 20.8 Å². The van der Waals surface area contributed by atoms with Crippen molar-refractivity contribution >= 4 is 16.6 Å². The van der Waals surface area contributed by atoms with Crippen LogP contribution in [0.4, 0.5) is 5.69 Å². The second kappa shape index (κ2) is 6.95. The van der Waals surface area contributed by atoms with Crippen molar-refractivity contribution in [2.24, 2.45) is 0 Å². The van der Waals surface area contributed by atoms with Crippen LogP contribution >= 0.6 is 0 Å². The van der Waals surface area contributed by atoms with E-state index in [1.165, 1.54) is 33.2 Å². The molecule has 4 aromatic rings. The molecule has 0 saturated carbocycles. The van der Waals surface area contributed by atoms with Crippen LogP contribution in [-0.4, -0.2) is 33.0 Å². The largest absolute Gasteiger partial charge is 0.383 e. The predicted molar refractivity (Wildman–Crippen MR) is 125 cm³/mol. The average molecular weight is 416 g/mol. The summed E-state index contributed by atoms with van der Waals surface area (Å²) >= 11 is 0. The van der Waals surface area contributed by atoms with Crippen molar-refractivity contribution in [1.82, 2.24) is 19.3 Å². The van der Waals surface area contributed by atoms with Gasteiger partial charge in [0.05, 0.1) is 23.5 Å². The Hall–Kier alpha value is -3.12. The summed E-state index contributed by atoms with van der Waals surface area (Å²) in [6.07, 6.45) is 2.16. The van der Waals surface area contributed by atoms with Gasteiger partial charge in [-0.1, -0.05) is 12.1 Å². The molecule has 31 heavy (non-hydrogen) atoms. The lowest BCUT2D eigenvalue weighted by Crippen LogP contribution is -2.36. The molecule has 1 aliphatic heterocycles. The zero-order valence-electron chi connectivity index (χ0n) is 19.1. The summed E-state index contributed by atoms with van der Waals surface area (Å²) in [6, 6.07) is 11.0. The molecule has 0 amide bonds. The van der Waals surface area contributed by atoms with Gasteiger partial charge in [-0.3, -0.25) is 4.57 Å². The number of fused-ring (bicyclic) bond motifs is 4. The third-order valence-electron chi connectivity index (χ3n) is 6.41. The molecule has 0 fully saturated rings. The number of hydrogen-bond donors (Lipinski definition) is 1. The number of nitrogens with zero attached hydrogens (tertiary/aromatic N) is 4. The molecule has 0 saturated heterocycles. The Kier molecular flexibility index (Phi) is 4.45. The minimum Gasteiger partial charge on any atom is -0.383 e. The molecule has 0 unspecified atom stereocenters. The number of hydrogen-bond acceptors (Lipinski definition) is 4. The van der Waals surface area contributed by atoms with Gasteiger partial charge in [0, 0.05) is 30.8 Å². The lowest BCUT2D eigenvalue weighted by Gasteiger charge is -2.35. The number of nitrogens with one attached hydrogen (secondary N) is 1. The molecule has 0 aliphatic carbocycles. The molecule has 0 bridgehead atoms. The Morgan fingerprint density at radius 2 is 1.90 bits per heavy atom. The van der Waals surface area contributed by atoms with Crippen LogP contribution in [0.5, 0.6) is 0 Å². The van der Waals surface area contributed by atoms with Crippen molar-refractivity contribution in [2.75, 3.05) is 19.0 Å². The summed E-state index contributed by atoms with van der Waals surface area (Å²) in [4.78, 5) is 0. The first kappa shape index (κ1) is 19.8. The van der Waals surface area contributed by atoms with Gasteiger partial charge in [-0.25, -0.2) is 0 Å². The van der Waals surface area contributed by atoms with Crippen molar-refractivity contribution in [2.45, 2.75) is 46.7 Å². The second-order valence-electron chi connectivity index (χ2n) is 8.99. The number of benzene rings is 2. The van der Waals surface area contributed by atoms with Gasteiger partial charge in [0.15, 0.2) is 5.82 Å². The predicted octanol–water partition coefficient (Wildman–Crippen LogP) is 5.12. The van der Waals surface area contributed by atoms with E-state index in [2.05, 4.69) is 88.9 Å². The van der Waals surface area contributed by atoms with E-state index in [1.54, 1.807) is 7.11 Å². The highest BCUT2D eigenvalue weighted by Crippen LogP contribution is 2.44. The van der Waals surface area contributed by atoms with Crippen molar-refractivity contribution in [3.05, 3.63) is 59.3 Å². The minimum absolute atomic E-state index is 0.284. The quantitative estimate of drug-likeness (QED) is 0.503. The highest BCUT2D eigenvalue weighted by atomic mass is 16.5. The number of aromatic nitrogens is 4. The second-order valence-corrected chi connectivity index (χ2v) is 8.99. The van der Waals surface area contributed by atoms with E-state index < -0.39 is 0 Å². The lowest BCUT2D eigenvalue weighted by atomic mass is 9.89. The maximum atomic E-state index is 5.29. The van der Waals surface area contributed by atoms with Crippen molar-refractivity contribution in [3.8, 4) is 16.8 Å². The van der Waals surface area contributed by atoms with E-state index in [-0.39, 0.29) is 5.54 Å². The minimum atomic E-state index is -0.284. The monoisotopic (exact) mass is 415 g/mol. The number of anilines is 1. The normalized spacial score (nSPS) is 14.4. The van der Waals surface area contributed by atoms with E-state index in [4.69, 9.17) is 4.74 Å². The Morgan fingerprint density at radius 3 is 2.68 bits per heavy atom. The highest BCUT2D eigenvalue weighted by molar-refractivity contribution is 5.98. The molecule has 6 heteroatoms. The fourth-order valence-electron chi connectivity index (χ4n) is 5.02. The lowest BCUT2D eigenvalue weighted by molar-refractivity contribution is 0.188. The van der Waals surface area contributed by atoms with Crippen LogP contribution in [0.25, 0.3) is 27.7 Å². The summed E-state index contributed by atoms with van der Waals surface area (Å²) in [5.41, 5.74) is 8.24. The Morgan fingerprint density at radius 1 is 1.10 bits per heavy atom. The smallest absolute Gasteiger partial charge is 0.162 e. The first-order valence-electron chi connectivity index (χ1n) is 10.8. The maximum absolute atomic E-state index is 5.29. The van der Waals surface area contributed by atoms with E-state index in [0.717, 1.165) is 29.6 Å². The van der Waals surface area contributed by atoms with Crippen molar-refractivity contribution in [1.29, 1.82) is 0 Å². The summed E-state index contributed by atoms with van der Waals surface area (Å²) in [6.45, 7) is 12.3. The van der Waals surface area contributed by atoms with Gasteiger partial charge in [-0.15, -0.1) is 10.2 Å². The van der Waals surface area contributed by atoms with Crippen LogP contribution < -0.4 is 5.32 Å². The van der Waals surface area contributed by atoms with Gasteiger partial charge >= 0.3 is 0 Å². The third-order valence-corrected chi connectivity index (χ3v) is 6.41. The number of aryl methyl sites for hydroxylation is 2. The fraction of sp³-hybridized carbons (Fsp3) is 0.360.